The van der Waals surface area contributed by atoms with E-state index in [9.17, 15) is 4.79 Å². The summed E-state index contributed by atoms with van der Waals surface area (Å²) in [5.41, 5.74) is 0.686. The van der Waals surface area contributed by atoms with Crippen molar-refractivity contribution in [3.05, 3.63) is 33.8 Å². The smallest absolute Gasteiger partial charge is 0.253 e. The number of carbonyl (C=O) groups is 1. The summed E-state index contributed by atoms with van der Waals surface area (Å²) < 4.78 is 5.43. The molecule has 0 radical (unpaired) electrons. The third kappa shape index (κ3) is 2.22. The van der Waals surface area contributed by atoms with Crippen LogP contribution in [0.4, 0.5) is 0 Å². The SMILES string of the molecule is O=C(c1ccc(Cl)c(Cl)c1)N1CCC2(CC1)CO2. The number of rotatable bonds is 1. The fourth-order valence-corrected chi connectivity index (χ4v) is 2.62. The van der Waals surface area contributed by atoms with E-state index in [2.05, 4.69) is 0 Å². The molecule has 2 fully saturated rings. The lowest BCUT2D eigenvalue weighted by Crippen LogP contribution is -2.41. The van der Waals surface area contributed by atoms with E-state index in [0.717, 1.165) is 32.5 Å². The van der Waals surface area contributed by atoms with Crippen LogP contribution in [-0.2, 0) is 4.74 Å². The van der Waals surface area contributed by atoms with Gasteiger partial charge in [0.05, 0.1) is 22.3 Å². The molecule has 0 bridgehead atoms. The van der Waals surface area contributed by atoms with Crippen LogP contribution in [0.5, 0.6) is 0 Å². The summed E-state index contributed by atoms with van der Waals surface area (Å²) in [5.74, 6) is 0.0177. The zero-order valence-corrected chi connectivity index (χ0v) is 11.3. The van der Waals surface area contributed by atoms with Gasteiger partial charge in [0.1, 0.15) is 0 Å². The molecule has 1 amide bonds. The monoisotopic (exact) mass is 285 g/mol. The number of likely N-dealkylation sites (tertiary alicyclic amines) is 1. The largest absolute Gasteiger partial charge is 0.369 e. The summed E-state index contributed by atoms with van der Waals surface area (Å²) in [6.45, 7) is 2.35. The first-order valence-electron chi connectivity index (χ1n) is 5.98. The zero-order chi connectivity index (χ0) is 12.8. The van der Waals surface area contributed by atoms with Crippen LogP contribution in [0, 0.1) is 0 Å². The molecule has 2 aliphatic heterocycles. The van der Waals surface area contributed by atoms with Gasteiger partial charge in [-0.1, -0.05) is 23.2 Å². The lowest BCUT2D eigenvalue weighted by Gasteiger charge is -2.30. The number of hydrogen-bond acceptors (Lipinski definition) is 2. The molecule has 1 aromatic rings. The highest BCUT2D eigenvalue weighted by atomic mass is 35.5. The van der Waals surface area contributed by atoms with Crippen molar-refractivity contribution < 1.29 is 9.53 Å². The van der Waals surface area contributed by atoms with Gasteiger partial charge in [-0.25, -0.2) is 0 Å². The van der Waals surface area contributed by atoms with Crippen LogP contribution in [-0.4, -0.2) is 36.1 Å². The van der Waals surface area contributed by atoms with Gasteiger partial charge in [-0.05, 0) is 31.0 Å². The normalized spacial score (nSPS) is 21.1. The molecular weight excluding hydrogens is 273 g/mol. The summed E-state index contributed by atoms with van der Waals surface area (Å²) in [5, 5.41) is 0.888. The van der Waals surface area contributed by atoms with Crippen molar-refractivity contribution in [2.24, 2.45) is 0 Å². The van der Waals surface area contributed by atoms with Crippen molar-refractivity contribution in [3.63, 3.8) is 0 Å². The van der Waals surface area contributed by atoms with E-state index in [1.807, 2.05) is 4.90 Å². The quantitative estimate of drug-likeness (QED) is 0.743. The van der Waals surface area contributed by atoms with Crippen molar-refractivity contribution in [2.75, 3.05) is 19.7 Å². The molecule has 1 spiro atoms. The maximum atomic E-state index is 12.3. The molecule has 1 aromatic carbocycles. The average Bonchev–Trinajstić information content (AvgIpc) is 3.12. The second-order valence-corrected chi connectivity index (χ2v) is 5.71. The Hall–Kier alpha value is -0.770. The standard InChI is InChI=1S/C13H13Cl2NO2/c14-10-2-1-9(7-11(10)15)12(17)16-5-3-13(4-6-16)8-18-13/h1-2,7H,3-6,8H2. The molecule has 0 aromatic heterocycles. The molecule has 0 aliphatic carbocycles. The minimum atomic E-state index is 0.0177. The highest BCUT2D eigenvalue weighted by molar-refractivity contribution is 6.42. The number of hydrogen-bond donors (Lipinski definition) is 0. The maximum absolute atomic E-state index is 12.3. The lowest BCUT2D eigenvalue weighted by atomic mass is 9.97. The molecule has 0 unspecified atom stereocenters. The Bertz CT molecular complexity index is 490. The molecule has 18 heavy (non-hydrogen) atoms. The Morgan fingerprint density at radius 2 is 1.89 bits per heavy atom. The minimum absolute atomic E-state index is 0.0177. The highest BCUT2D eigenvalue weighted by Crippen LogP contribution is 2.38. The van der Waals surface area contributed by atoms with E-state index in [1.54, 1.807) is 18.2 Å². The van der Waals surface area contributed by atoms with Crippen LogP contribution < -0.4 is 0 Å². The first kappa shape index (κ1) is 12.3. The average molecular weight is 286 g/mol. The highest BCUT2D eigenvalue weighted by Gasteiger charge is 2.47. The van der Waals surface area contributed by atoms with Gasteiger partial charge < -0.3 is 9.64 Å². The molecule has 5 heteroatoms. The van der Waals surface area contributed by atoms with Gasteiger partial charge in [0, 0.05) is 18.7 Å². The van der Waals surface area contributed by atoms with E-state index >= 15 is 0 Å². The summed E-state index contributed by atoms with van der Waals surface area (Å²) in [7, 11) is 0. The second kappa shape index (κ2) is 4.41. The summed E-state index contributed by atoms with van der Waals surface area (Å²) in [6, 6.07) is 5.01. The fraction of sp³-hybridized carbons (Fsp3) is 0.462. The number of benzene rings is 1. The molecule has 2 aliphatic rings. The maximum Gasteiger partial charge on any atom is 0.253 e. The molecule has 3 rings (SSSR count). The first-order valence-corrected chi connectivity index (χ1v) is 6.74. The molecule has 2 saturated heterocycles. The van der Waals surface area contributed by atoms with Gasteiger partial charge in [0.2, 0.25) is 0 Å². The Balaban J connectivity index is 1.72. The number of epoxide rings is 1. The van der Waals surface area contributed by atoms with Crippen molar-refractivity contribution >= 4 is 29.1 Å². The van der Waals surface area contributed by atoms with Gasteiger partial charge in [-0.3, -0.25) is 4.79 Å². The van der Waals surface area contributed by atoms with E-state index in [0.29, 0.717) is 15.6 Å². The Labute approximate surface area is 116 Å². The van der Waals surface area contributed by atoms with Gasteiger partial charge in [-0.15, -0.1) is 0 Å². The van der Waals surface area contributed by atoms with Crippen molar-refractivity contribution in [2.45, 2.75) is 18.4 Å². The number of carbonyl (C=O) groups excluding carboxylic acids is 1. The Kier molecular flexibility index (Phi) is 3.00. The van der Waals surface area contributed by atoms with E-state index in [-0.39, 0.29) is 11.5 Å². The summed E-state index contributed by atoms with van der Waals surface area (Å²) in [4.78, 5) is 14.1. The zero-order valence-electron chi connectivity index (χ0n) is 9.79. The van der Waals surface area contributed by atoms with Gasteiger partial charge in [-0.2, -0.15) is 0 Å². The third-order valence-electron chi connectivity index (χ3n) is 3.68. The molecule has 2 heterocycles. The van der Waals surface area contributed by atoms with Crippen LogP contribution in [0.25, 0.3) is 0 Å². The number of amides is 1. The van der Waals surface area contributed by atoms with Gasteiger partial charge in [0.25, 0.3) is 5.91 Å². The topological polar surface area (TPSA) is 32.8 Å². The first-order chi connectivity index (χ1) is 8.60. The van der Waals surface area contributed by atoms with Crippen LogP contribution >= 0.6 is 23.2 Å². The van der Waals surface area contributed by atoms with E-state index < -0.39 is 0 Å². The van der Waals surface area contributed by atoms with Crippen LogP contribution in [0.2, 0.25) is 10.0 Å². The summed E-state index contributed by atoms with van der Waals surface area (Å²) >= 11 is 11.8. The minimum Gasteiger partial charge on any atom is -0.369 e. The number of nitrogens with zero attached hydrogens (tertiary/aromatic N) is 1. The summed E-state index contributed by atoms with van der Waals surface area (Å²) in [6.07, 6.45) is 1.86. The lowest BCUT2D eigenvalue weighted by molar-refractivity contribution is 0.0663. The van der Waals surface area contributed by atoms with Crippen LogP contribution in [0.1, 0.15) is 23.2 Å². The molecular formula is C13H13Cl2NO2. The Morgan fingerprint density at radius 1 is 1.22 bits per heavy atom. The number of ether oxygens (including phenoxy) is 1. The molecule has 0 N–H and O–H groups in total. The molecule has 3 nitrogen and oxygen atoms in total. The van der Waals surface area contributed by atoms with Crippen molar-refractivity contribution in [1.29, 1.82) is 0 Å². The molecule has 0 saturated carbocycles. The second-order valence-electron chi connectivity index (χ2n) is 4.89. The third-order valence-corrected chi connectivity index (χ3v) is 4.42. The van der Waals surface area contributed by atoms with Crippen LogP contribution in [0.3, 0.4) is 0 Å². The molecule has 0 atom stereocenters. The van der Waals surface area contributed by atoms with Crippen molar-refractivity contribution in [3.8, 4) is 0 Å². The van der Waals surface area contributed by atoms with E-state index in [1.165, 1.54) is 0 Å². The predicted octanol–water partition coefficient (Wildman–Crippen LogP) is 3.00. The predicted molar refractivity (Wildman–Crippen MR) is 70.3 cm³/mol. The Morgan fingerprint density at radius 3 is 2.44 bits per heavy atom. The molecule has 96 valence electrons. The fourth-order valence-electron chi connectivity index (χ4n) is 2.32. The van der Waals surface area contributed by atoms with Gasteiger partial charge in [0.15, 0.2) is 0 Å². The van der Waals surface area contributed by atoms with Crippen molar-refractivity contribution in [1.82, 2.24) is 4.90 Å². The van der Waals surface area contributed by atoms with Gasteiger partial charge >= 0.3 is 0 Å². The number of halogens is 2. The number of piperidine rings is 1. The van der Waals surface area contributed by atoms with Crippen LogP contribution in [0.15, 0.2) is 18.2 Å². The van der Waals surface area contributed by atoms with E-state index in [4.69, 9.17) is 27.9 Å².